The summed E-state index contributed by atoms with van der Waals surface area (Å²) in [4.78, 5) is 44.3. The molecule has 8 unspecified atom stereocenters. The Labute approximate surface area is 270 Å². The molecule has 250 valence electrons. The number of rotatable bonds is 12. The van der Waals surface area contributed by atoms with Crippen LogP contribution in [0.1, 0.15) is 44.2 Å². The summed E-state index contributed by atoms with van der Waals surface area (Å²) in [6.07, 6.45) is -7.08. The van der Waals surface area contributed by atoms with Crippen molar-refractivity contribution in [2.24, 2.45) is 10.2 Å². The van der Waals surface area contributed by atoms with E-state index in [1.165, 1.54) is 11.8 Å². The predicted octanol–water partition coefficient (Wildman–Crippen LogP) is 4.70. The van der Waals surface area contributed by atoms with E-state index in [1.54, 1.807) is 0 Å². The highest BCUT2D eigenvalue weighted by Crippen LogP contribution is 2.34. The number of hydrogen-bond donors (Lipinski definition) is 1. The monoisotopic (exact) mass is 651 g/mol. The molecule has 2 fully saturated rings. The molecule has 2 aromatic rings. The third-order valence-electron chi connectivity index (χ3n) is 7.73. The molecule has 4 rings (SSSR count). The molecule has 1 aliphatic heterocycles. The molecule has 47 heavy (non-hydrogen) atoms. The third kappa shape index (κ3) is 10.1. The molecule has 1 saturated heterocycles. The molecule has 2 aliphatic rings. The first-order chi connectivity index (χ1) is 22.7. The van der Waals surface area contributed by atoms with Crippen LogP contribution in [0.25, 0.3) is 20.9 Å². The van der Waals surface area contributed by atoms with Crippen LogP contribution in [-0.4, -0.2) is 83.5 Å². The maximum atomic E-state index is 13.4. The van der Waals surface area contributed by atoms with Gasteiger partial charge in [-0.05, 0) is 41.5 Å². The summed E-state index contributed by atoms with van der Waals surface area (Å²) in [5.74, 6) is -1.34. The number of aliphatic hydroxyl groups excluding tert-OH is 1. The highest BCUT2D eigenvalue weighted by Gasteiger charge is 2.49. The Morgan fingerprint density at radius 1 is 0.894 bits per heavy atom. The first kappa shape index (κ1) is 35.0. The molecule has 8 atom stereocenters. The zero-order valence-corrected chi connectivity index (χ0v) is 26.0. The second-order valence-electron chi connectivity index (χ2n) is 11.2. The number of hydrogen-bond acceptors (Lipinski definition) is 11. The van der Waals surface area contributed by atoms with E-state index in [0.29, 0.717) is 6.42 Å². The van der Waals surface area contributed by atoms with Gasteiger partial charge in [0, 0.05) is 30.2 Å². The maximum Gasteiger partial charge on any atom is 0.410 e. The van der Waals surface area contributed by atoms with Gasteiger partial charge < -0.3 is 33.7 Å². The summed E-state index contributed by atoms with van der Waals surface area (Å²) in [5, 5.41) is 18.6. The lowest BCUT2D eigenvalue weighted by molar-refractivity contribution is -0.284. The largest absolute Gasteiger partial charge is 0.459 e. The summed E-state index contributed by atoms with van der Waals surface area (Å²) < 4.78 is 28.8. The van der Waals surface area contributed by atoms with Crippen LogP contribution in [0, 0.1) is 0 Å². The molecule has 0 spiro atoms. The van der Waals surface area contributed by atoms with Gasteiger partial charge >= 0.3 is 18.0 Å². The predicted molar refractivity (Wildman–Crippen MR) is 164 cm³/mol. The zero-order chi connectivity index (χ0) is 33.8. The van der Waals surface area contributed by atoms with E-state index in [-0.39, 0.29) is 32.5 Å². The highest BCUT2D eigenvalue weighted by atomic mass is 16.7. The fraction of sp³-hybridized carbons (Fsp3) is 0.516. The molecule has 16 heteroatoms. The summed E-state index contributed by atoms with van der Waals surface area (Å²) in [6.45, 7) is 2.73. The SMILES string of the molecule is CC(=O)OC1CCC(CN(Cc2ccccc2)C(=O)OCc2ccccc2)OC1OC1C(N=[N+]=[N-])CC(N=[N+]=[N-])C(OC(C)=O)C1O. The van der Waals surface area contributed by atoms with Gasteiger partial charge in [0.25, 0.3) is 0 Å². The minimum atomic E-state index is -1.61. The van der Waals surface area contributed by atoms with Gasteiger partial charge in [0.05, 0.1) is 30.8 Å². The van der Waals surface area contributed by atoms with Gasteiger partial charge in [-0.1, -0.05) is 70.9 Å². The number of azide groups is 2. The Hall–Kier alpha value is -4.85. The topological polar surface area (TPSA) is 218 Å². The van der Waals surface area contributed by atoms with E-state index in [4.69, 9.17) is 29.2 Å². The molecule has 0 bridgehead atoms. The van der Waals surface area contributed by atoms with E-state index in [1.807, 2.05) is 60.7 Å². The second kappa shape index (κ2) is 17.2. The van der Waals surface area contributed by atoms with Gasteiger partial charge in [-0.15, -0.1) is 0 Å². The molecule has 2 aromatic carbocycles. The van der Waals surface area contributed by atoms with Crippen molar-refractivity contribution in [2.75, 3.05) is 6.54 Å². The Bertz CT molecular complexity index is 1450. The number of carbonyl (C=O) groups is 3. The molecular formula is C31H37N7O9. The van der Waals surface area contributed by atoms with Gasteiger partial charge in [-0.3, -0.25) is 9.59 Å². The van der Waals surface area contributed by atoms with Crippen molar-refractivity contribution in [1.29, 1.82) is 0 Å². The summed E-state index contributed by atoms with van der Waals surface area (Å²) in [5.41, 5.74) is 20.0. The molecule has 1 saturated carbocycles. The van der Waals surface area contributed by atoms with E-state index >= 15 is 0 Å². The average Bonchev–Trinajstić information content (AvgIpc) is 3.05. The van der Waals surface area contributed by atoms with E-state index < -0.39 is 66.9 Å². The van der Waals surface area contributed by atoms with Crippen molar-refractivity contribution in [3.8, 4) is 0 Å². The zero-order valence-electron chi connectivity index (χ0n) is 26.0. The Kier molecular flexibility index (Phi) is 12.8. The van der Waals surface area contributed by atoms with E-state index in [9.17, 15) is 25.0 Å². The molecule has 0 aromatic heterocycles. The fourth-order valence-corrected chi connectivity index (χ4v) is 5.66. The average molecular weight is 652 g/mol. The summed E-state index contributed by atoms with van der Waals surface area (Å²) in [7, 11) is 0. The molecule has 16 nitrogen and oxygen atoms in total. The first-order valence-electron chi connectivity index (χ1n) is 15.1. The van der Waals surface area contributed by atoms with Crippen LogP contribution in [0.4, 0.5) is 4.79 Å². The normalized spacial score (nSPS) is 26.9. The van der Waals surface area contributed by atoms with Crippen LogP contribution in [-0.2, 0) is 46.4 Å². The lowest BCUT2D eigenvalue weighted by Crippen LogP contribution is -2.59. The maximum absolute atomic E-state index is 13.4. The van der Waals surface area contributed by atoms with Crippen molar-refractivity contribution < 1.29 is 43.2 Å². The smallest absolute Gasteiger partial charge is 0.410 e. The van der Waals surface area contributed by atoms with Crippen LogP contribution < -0.4 is 0 Å². The second-order valence-corrected chi connectivity index (χ2v) is 11.2. The van der Waals surface area contributed by atoms with Crippen molar-refractivity contribution in [3.05, 3.63) is 92.7 Å². The standard InChI is InChI=1S/C31H37N7O9/c1-19(39)44-26-14-13-23(17-38(16-21-9-5-3-6-10-21)31(42)43-18-22-11-7-4-8-12-22)46-30(26)47-29-25(35-37-33)15-24(34-36-32)28(27(29)41)45-20(2)40/h3-12,23-30,41H,13-18H2,1-2H3. The minimum absolute atomic E-state index is 0.0669. The summed E-state index contributed by atoms with van der Waals surface area (Å²) >= 11 is 0. The van der Waals surface area contributed by atoms with Crippen molar-refractivity contribution >= 4 is 18.0 Å². The molecule has 1 N–H and O–H groups in total. The lowest BCUT2D eigenvalue weighted by Gasteiger charge is -2.44. The number of carbonyl (C=O) groups excluding carboxylic acids is 3. The quantitative estimate of drug-likeness (QED) is 0.110. The number of ether oxygens (including phenoxy) is 5. The van der Waals surface area contributed by atoms with Crippen molar-refractivity contribution in [1.82, 2.24) is 4.90 Å². The van der Waals surface area contributed by atoms with Crippen LogP contribution in [0.3, 0.4) is 0 Å². The molecule has 1 amide bonds. The highest BCUT2D eigenvalue weighted by molar-refractivity contribution is 5.68. The first-order valence-corrected chi connectivity index (χ1v) is 15.1. The molecule has 1 heterocycles. The molecular weight excluding hydrogens is 614 g/mol. The lowest BCUT2D eigenvalue weighted by atomic mass is 9.84. The molecule has 0 radical (unpaired) electrons. The Balaban J connectivity index is 1.55. The van der Waals surface area contributed by atoms with E-state index in [2.05, 4.69) is 20.1 Å². The number of benzene rings is 2. The minimum Gasteiger partial charge on any atom is -0.459 e. The van der Waals surface area contributed by atoms with Crippen LogP contribution >= 0.6 is 0 Å². The number of aliphatic hydroxyl groups is 1. The number of esters is 2. The Morgan fingerprint density at radius 2 is 1.49 bits per heavy atom. The third-order valence-corrected chi connectivity index (χ3v) is 7.73. The number of nitrogens with zero attached hydrogens (tertiary/aromatic N) is 7. The van der Waals surface area contributed by atoms with Gasteiger partial charge in [-0.25, -0.2) is 4.79 Å². The van der Waals surface area contributed by atoms with E-state index in [0.717, 1.165) is 18.1 Å². The van der Waals surface area contributed by atoms with Gasteiger partial charge in [0.15, 0.2) is 12.4 Å². The Morgan fingerprint density at radius 3 is 2.09 bits per heavy atom. The van der Waals surface area contributed by atoms with Gasteiger partial charge in [0.1, 0.15) is 18.8 Å². The fourth-order valence-electron chi connectivity index (χ4n) is 5.66. The van der Waals surface area contributed by atoms with Crippen LogP contribution in [0.15, 0.2) is 70.9 Å². The van der Waals surface area contributed by atoms with Crippen molar-refractivity contribution in [3.63, 3.8) is 0 Å². The van der Waals surface area contributed by atoms with Crippen molar-refractivity contribution in [2.45, 2.75) is 95.2 Å². The van der Waals surface area contributed by atoms with Gasteiger partial charge in [0.2, 0.25) is 0 Å². The number of amides is 1. The van der Waals surface area contributed by atoms with Gasteiger partial charge in [-0.2, -0.15) is 0 Å². The van der Waals surface area contributed by atoms with Crippen LogP contribution in [0.5, 0.6) is 0 Å². The summed E-state index contributed by atoms with van der Waals surface area (Å²) in [6, 6.07) is 16.5. The van der Waals surface area contributed by atoms with Crippen LogP contribution in [0.2, 0.25) is 0 Å². The molecule has 1 aliphatic carbocycles.